The summed E-state index contributed by atoms with van der Waals surface area (Å²) in [7, 11) is 1.63. The monoisotopic (exact) mass is 232 g/mol. The van der Waals surface area contributed by atoms with Crippen molar-refractivity contribution in [3.8, 4) is 0 Å². The van der Waals surface area contributed by atoms with Crippen molar-refractivity contribution in [1.82, 2.24) is 10.3 Å². The van der Waals surface area contributed by atoms with Gasteiger partial charge in [-0.25, -0.2) is 0 Å². The zero-order valence-corrected chi connectivity index (χ0v) is 9.99. The number of aromatic nitrogens is 1. The molecule has 0 fully saturated rings. The lowest BCUT2D eigenvalue weighted by Crippen LogP contribution is -2.31. The molecule has 0 bridgehead atoms. The minimum Gasteiger partial charge on any atom is -0.380 e. The van der Waals surface area contributed by atoms with Crippen LogP contribution in [0.25, 0.3) is 10.9 Å². The zero-order valence-electron chi connectivity index (χ0n) is 9.99. The second kappa shape index (κ2) is 5.01. The van der Waals surface area contributed by atoms with Crippen molar-refractivity contribution in [1.29, 1.82) is 0 Å². The number of rotatable bonds is 4. The van der Waals surface area contributed by atoms with Crippen molar-refractivity contribution in [2.24, 2.45) is 0 Å². The molecule has 17 heavy (non-hydrogen) atoms. The summed E-state index contributed by atoms with van der Waals surface area (Å²) in [5.74, 6) is -0.0722. The summed E-state index contributed by atoms with van der Waals surface area (Å²) in [5.41, 5.74) is 1.70. The Balaban J connectivity index is 2.08. The number of amides is 1. The summed E-state index contributed by atoms with van der Waals surface area (Å²) in [5, 5.41) is 3.87. The average molecular weight is 232 g/mol. The van der Waals surface area contributed by atoms with Gasteiger partial charge in [-0.3, -0.25) is 4.79 Å². The number of benzene rings is 1. The van der Waals surface area contributed by atoms with Crippen LogP contribution in [0.2, 0.25) is 0 Å². The van der Waals surface area contributed by atoms with Crippen molar-refractivity contribution in [3.05, 3.63) is 36.0 Å². The molecule has 2 aromatic rings. The summed E-state index contributed by atoms with van der Waals surface area (Å²) < 4.78 is 5.07. The van der Waals surface area contributed by atoms with Crippen LogP contribution in [0, 0.1) is 0 Å². The van der Waals surface area contributed by atoms with E-state index in [0.717, 1.165) is 10.9 Å². The fourth-order valence-electron chi connectivity index (χ4n) is 1.62. The first-order valence-corrected chi connectivity index (χ1v) is 5.59. The van der Waals surface area contributed by atoms with Gasteiger partial charge in [0, 0.05) is 36.3 Å². The van der Waals surface area contributed by atoms with Gasteiger partial charge in [-0.15, -0.1) is 0 Å². The van der Waals surface area contributed by atoms with E-state index in [9.17, 15) is 4.79 Å². The van der Waals surface area contributed by atoms with E-state index >= 15 is 0 Å². The molecule has 0 spiro atoms. The van der Waals surface area contributed by atoms with Gasteiger partial charge in [0.05, 0.1) is 6.10 Å². The van der Waals surface area contributed by atoms with Crippen molar-refractivity contribution in [2.45, 2.75) is 13.0 Å². The summed E-state index contributed by atoms with van der Waals surface area (Å²) in [4.78, 5) is 14.9. The van der Waals surface area contributed by atoms with Crippen molar-refractivity contribution in [3.63, 3.8) is 0 Å². The van der Waals surface area contributed by atoms with E-state index in [1.807, 2.05) is 37.4 Å². The van der Waals surface area contributed by atoms with E-state index < -0.39 is 0 Å². The van der Waals surface area contributed by atoms with Gasteiger partial charge in [0.25, 0.3) is 5.91 Å². The smallest absolute Gasteiger partial charge is 0.251 e. The maximum atomic E-state index is 11.9. The number of hydrogen-bond donors (Lipinski definition) is 2. The molecule has 0 aliphatic heterocycles. The Kier molecular flexibility index (Phi) is 3.44. The second-order valence-electron chi connectivity index (χ2n) is 4.04. The molecular formula is C13H16N2O2. The predicted molar refractivity (Wildman–Crippen MR) is 67.1 cm³/mol. The number of H-pyrrole nitrogens is 1. The number of ether oxygens (including phenoxy) is 1. The lowest BCUT2D eigenvalue weighted by Gasteiger charge is -2.10. The Bertz CT molecular complexity index is 519. The first-order chi connectivity index (χ1) is 8.20. The van der Waals surface area contributed by atoms with Gasteiger partial charge in [-0.1, -0.05) is 0 Å². The van der Waals surface area contributed by atoms with Crippen LogP contribution >= 0.6 is 0 Å². The highest BCUT2D eigenvalue weighted by molar-refractivity contribution is 5.98. The number of methoxy groups -OCH3 is 1. The van der Waals surface area contributed by atoms with E-state index in [0.29, 0.717) is 12.1 Å². The van der Waals surface area contributed by atoms with Crippen LogP contribution in [0.15, 0.2) is 30.5 Å². The van der Waals surface area contributed by atoms with Crippen molar-refractivity contribution < 1.29 is 9.53 Å². The van der Waals surface area contributed by atoms with Gasteiger partial charge in [-0.2, -0.15) is 0 Å². The second-order valence-corrected chi connectivity index (χ2v) is 4.04. The Hall–Kier alpha value is -1.81. The van der Waals surface area contributed by atoms with Gasteiger partial charge in [0.1, 0.15) is 0 Å². The first kappa shape index (κ1) is 11.7. The molecule has 0 saturated carbocycles. The molecule has 4 nitrogen and oxygen atoms in total. The van der Waals surface area contributed by atoms with E-state index in [1.54, 1.807) is 7.11 Å². The molecule has 2 rings (SSSR count). The number of nitrogens with one attached hydrogen (secondary N) is 2. The molecule has 1 atom stereocenters. The number of carbonyl (C=O) groups is 1. The Morgan fingerprint density at radius 1 is 1.47 bits per heavy atom. The highest BCUT2D eigenvalue weighted by atomic mass is 16.5. The van der Waals surface area contributed by atoms with Crippen LogP contribution in [0.3, 0.4) is 0 Å². The standard InChI is InChI=1S/C13H16N2O2/c1-9(17-2)8-15-13(16)11-3-4-12-10(7-11)5-6-14-12/h3-7,9,14H,8H2,1-2H3,(H,15,16). The molecule has 1 aromatic heterocycles. The minimum atomic E-state index is -0.0722. The quantitative estimate of drug-likeness (QED) is 0.846. The van der Waals surface area contributed by atoms with Crippen LogP contribution in [0.5, 0.6) is 0 Å². The van der Waals surface area contributed by atoms with Crippen LogP contribution < -0.4 is 5.32 Å². The lowest BCUT2D eigenvalue weighted by atomic mass is 10.1. The minimum absolute atomic E-state index is 0.0231. The SMILES string of the molecule is COC(C)CNC(=O)c1ccc2[nH]ccc2c1. The number of fused-ring (bicyclic) bond motifs is 1. The third-order valence-corrected chi connectivity index (χ3v) is 2.77. The van der Waals surface area contributed by atoms with Crippen molar-refractivity contribution in [2.75, 3.05) is 13.7 Å². The lowest BCUT2D eigenvalue weighted by molar-refractivity contribution is 0.0870. The largest absolute Gasteiger partial charge is 0.380 e. The third-order valence-electron chi connectivity index (χ3n) is 2.77. The van der Waals surface area contributed by atoms with Crippen LogP contribution in [0.1, 0.15) is 17.3 Å². The Morgan fingerprint density at radius 3 is 3.06 bits per heavy atom. The number of aromatic amines is 1. The first-order valence-electron chi connectivity index (χ1n) is 5.59. The molecule has 0 aliphatic carbocycles. The van der Waals surface area contributed by atoms with E-state index in [4.69, 9.17) is 4.74 Å². The van der Waals surface area contributed by atoms with Crippen molar-refractivity contribution >= 4 is 16.8 Å². The zero-order chi connectivity index (χ0) is 12.3. The highest BCUT2D eigenvalue weighted by Crippen LogP contribution is 2.14. The van der Waals surface area contributed by atoms with Crippen LogP contribution in [-0.4, -0.2) is 30.6 Å². The maximum Gasteiger partial charge on any atom is 0.251 e. The van der Waals surface area contributed by atoms with Gasteiger partial charge >= 0.3 is 0 Å². The molecule has 90 valence electrons. The fourth-order valence-corrected chi connectivity index (χ4v) is 1.62. The molecule has 4 heteroatoms. The number of carbonyl (C=O) groups excluding carboxylic acids is 1. The summed E-state index contributed by atoms with van der Waals surface area (Å²) in [6.45, 7) is 2.43. The average Bonchev–Trinajstić information content (AvgIpc) is 2.82. The molecule has 2 N–H and O–H groups in total. The summed E-state index contributed by atoms with van der Waals surface area (Å²) in [6.07, 6.45) is 1.88. The number of hydrogen-bond acceptors (Lipinski definition) is 2. The van der Waals surface area contributed by atoms with Gasteiger partial charge in [-0.05, 0) is 31.2 Å². The van der Waals surface area contributed by atoms with E-state index in [-0.39, 0.29) is 12.0 Å². The topological polar surface area (TPSA) is 54.1 Å². The third kappa shape index (κ3) is 2.65. The molecule has 0 radical (unpaired) electrons. The van der Waals surface area contributed by atoms with E-state index in [1.165, 1.54) is 0 Å². The van der Waals surface area contributed by atoms with Crippen LogP contribution in [0.4, 0.5) is 0 Å². The normalized spacial score (nSPS) is 12.6. The molecule has 1 amide bonds. The molecular weight excluding hydrogens is 216 g/mol. The summed E-state index contributed by atoms with van der Waals surface area (Å²) >= 11 is 0. The Morgan fingerprint density at radius 2 is 2.29 bits per heavy atom. The maximum absolute atomic E-state index is 11.9. The van der Waals surface area contributed by atoms with Gasteiger partial charge < -0.3 is 15.0 Å². The predicted octanol–water partition coefficient (Wildman–Crippen LogP) is 1.93. The molecule has 1 unspecified atom stereocenters. The molecule has 0 saturated heterocycles. The van der Waals surface area contributed by atoms with Crippen LogP contribution in [-0.2, 0) is 4.74 Å². The molecule has 0 aliphatic rings. The Labute approximate surface area is 100.0 Å². The summed E-state index contributed by atoms with van der Waals surface area (Å²) in [6, 6.07) is 7.54. The molecule has 1 aromatic carbocycles. The molecule has 1 heterocycles. The fraction of sp³-hybridized carbons (Fsp3) is 0.308. The highest BCUT2D eigenvalue weighted by Gasteiger charge is 2.08. The van der Waals surface area contributed by atoms with Gasteiger partial charge in [0.2, 0.25) is 0 Å². The van der Waals surface area contributed by atoms with Gasteiger partial charge in [0.15, 0.2) is 0 Å². The van der Waals surface area contributed by atoms with E-state index in [2.05, 4.69) is 10.3 Å².